The van der Waals surface area contributed by atoms with Crippen molar-refractivity contribution < 1.29 is 0 Å². The molecular weight excluding hydrogens is 148 g/mol. The first-order valence-electron chi connectivity index (χ1n) is 5.09. The van der Waals surface area contributed by atoms with Gasteiger partial charge in [-0.25, -0.2) is 0 Å². The van der Waals surface area contributed by atoms with Crippen LogP contribution in [0.1, 0.15) is 19.8 Å². The largest absolute Gasteiger partial charge is 0.309 e. The molecule has 0 atom stereocenters. The number of piperidine rings is 1. The van der Waals surface area contributed by atoms with E-state index in [1.807, 2.05) is 0 Å². The van der Waals surface area contributed by atoms with Crippen molar-refractivity contribution in [2.75, 3.05) is 40.3 Å². The van der Waals surface area contributed by atoms with Gasteiger partial charge in [0.05, 0.1) is 0 Å². The molecule has 1 heterocycles. The molecular formula is C10H22N2. The van der Waals surface area contributed by atoms with Crippen molar-refractivity contribution in [2.45, 2.75) is 19.8 Å². The van der Waals surface area contributed by atoms with Gasteiger partial charge in [-0.15, -0.1) is 0 Å². The van der Waals surface area contributed by atoms with Crippen LogP contribution in [0.15, 0.2) is 0 Å². The third kappa shape index (κ3) is 3.11. The van der Waals surface area contributed by atoms with Crippen LogP contribution < -0.4 is 0 Å². The topological polar surface area (TPSA) is 6.48 Å². The van der Waals surface area contributed by atoms with Crippen LogP contribution in [0.25, 0.3) is 0 Å². The quantitative estimate of drug-likeness (QED) is 0.629. The Morgan fingerprint density at radius 2 is 1.83 bits per heavy atom. The summed E-state index contributed by atoms with van der Waals surface area (Å²) < 4.78 is 0. The standard InChI is InChI=1S/C10H22N2/c1-4-12-7-5-10(6-8-12)9-11(2)3/h10H,4-9H2,1-3H3. The summed E-state index contributed by atoms with van der Waals surface area (Å²) in [6.07, 6.45) is 2.79. The van der Waals surface area contributed by atoms with Gasteiger partial charge in [-0.05, 0) is 52.5 Å². The lowest BCUT2D eigenvalue weighted by atomic mass is 9.96. The Bertz CT molecular complexity index is 115. The van der Waals surface area contributed by atoms with E-state index in [-0.39, 0.29) is 0 Å². The van der Waals surface area contributed by atoms with E-state index in [0.717, 1.165) is 5.92 Å². The number of hydrogen-bond acceptors (Lipinski definition) is 2. The lowest BCUT2D eigenvalue weighted by molar-refractivity contribution is 0.169. The first-order chi connectivity index (χ1) is 5.72. The molecule has 12 heavy (non-hydrogen) atoms. The van der Waals surface area contributed by atoms with Crippen LogP contribution in [0.4, 0.5) is 0 Å². The van der Waals surface area contributed by atoms with Gasteiger partial charge >= 0.3 is 0 Å². The van der Waals surface area contributed by atoms with E-state index in [4.69, 9.17) is 0 Å². The highest BCUT2D eigenvalue weighted by Crippen LogP contribution is 2.16. The fourth-order valence-electron chi connectivity index (χ4n) is 2.00. The maximum Gasteiger partial charge on any atom is 0.000451 e. The first kappa shape index (κ1) is 10.0. The number of likely N-dealkylation sites (tertiary alicyclic amines) is 1. The van der Waals surface area contributed by atoms with Crippen molar-refractivity contribution >= 4 is 0 Å². The lowest BCUT2D eigenvalue weighted by Crippen LogP contribution is -2.36. The minimum absolute atomic E-state index is 0.947. The average molecular weight is 170 g/mol. The second-order valence-electron chi connectivity index (χ2n) is 4.14. The lowest BCUT2D eigenvalue weighted by Gasteiger charge is -2.32. The van der Waals surface area contributed by atoms with Crippen molar-refractivity contribution in [1.29, 1.82) is 0 Å². The molecule has 0 amide bonds. The molecule has 0 aliphatic carbocycles. The second-order valence-corrected chi connectivity index (χ2v) is 4.14. The summed E-state index contributed by atoms with van der Waals surface area (Å²) in [4.78, 5) is 4.86. The maximum atomic E-state index is 2.55. The van der Waals surface area contributed by atoms with Crippen LogP contribution in [0, 0.1) is 5.92 Å². The zero-order valence-electron chi connectivity index (χ0n) is 8.71. The molecule has 2 heteroatoms. The maximum absolute atomic E-state index is 2.55. The Morgan fingerprint density at radius 3 is 2.25 bits per heavy atom. The van der Waals surface area contributed by atoms with Crippen molar-refractivity contribution in [3.05, 3.63) is 0 Å². The van der Waals surface area contributed by atoms with Gasteiger partial charge in [0.1, 0.15) is 0 Å². The first-order valence-corrected chi connectivity index (χ1v) is 5.09. The summed E-state index contributed by atoms with van der Waals surface area (Å²) in [5.74, 6) is 0.947. The summed E-state index contributed by atoms with van der Waals surface area (Å²) in [6, 6.07) is 0. The molecule has 1 aliphatic rings. The molecule has 0 N–H and O–H groups in total. The molecule has 0 radical (unpaired) electrons. The van der Waals surface area contributed by atoms with Crippen LogP contribution >= 0.6 is 0 Å². The monoisotopic (exact) mass is 170 g/mol. The van der Waals surface area contributed by atoms with Crippen molar-refractivity contribution in [3.8, 4) is 0 Å². The van der Waals surface area contributed by atoms with Crippen LogP contribution in [0.2, 0.25) is 0 Å². The Labute approximate surface area is 76.5 Å². The summed E-state index contributed by atoms with van der Waals surface area (Å²) in [7, 11) is 4.35. The van der Waals surface area contributed by atoms with E-state index in [1.54, 1.807) is 0 Å². The minimum Gasteiger partial charge on any atom is -0.309 e. The highest BCUT2D eigenvalue weighted by atomic mass is 15.1. The van der Waals surface area contributed by atoms with Gasteiger partial charge in [0.25, 0.3) is 0 Å². The molecule has 0 saturated carbocycles. The van der Waals surface area contributed by atoms with Crippen LogP contribution in [0.3, 0.4) is 0 Å². The van der Waals surface area contributed by atoms with Crippen molar-refractivity contribution in [2.24, 2.45) is 5.92 Å². The molecule has 1 aliphatic heterocycles. The Balaban J connectivity index is 2.17. The van der Waals surface area contributed by atoms with E-state index in [0.29, 0.717) is 0 Å². The van der Waals surface area contributed by atoms with Crippen LogP contribution in [-0.2, 0) is 0 Å². The third-order valence-corrected chi connectivity index (χ3v) is 2.78. The van der Waals surface area contributed by atoms with Gasteiger partial charge in [-0.1, -0.05) is 6.92 Å². The van der Waals surface area contributed by atoms with Gasteiger partial charge in [0.2, 0.25) is 0 Å². The second kappa shape index (κ2) is 4.83. The molecule has 0 spiro atoms. The van der Waals surface area contributed by atoms with Gasteiger partial charge < -0.3 is 9.80 Å². The van der Waals surface area contributed by atoms with Crippen molar-refractivity contribution in [3.63, 3.8) is 0 Å². The molecule has 1 fully saturated rings. The smallest absolute Gasteiger partial charge is 0.000451 e. The normalized spacial score (nSPS) is 22.0. The number of nitrogens with zero attached hydrogens (tertiary/aromatic N) is 2. The van der Waals surface area contributed by atoms with E-state index < -0.39 is 0 Å². The fourth-order valence-corrected chi connectivity index (χ4v) is 2.00. The zero-order valence-corrected chi connectivity index (χ0v) is 8.71. The van der Waals surface area contributed by atoms with Crippen LogP contribution in [0.5, 0.6) is 0 Å². The SMILES string of the molecule is CCN1CCC(CN(C)C)CC1. The molecule has 72 valence electrons. The third-order valence-electron chi connectivity index (χ3n) is 2.78. The predicted molar refractivity (Wildman–Crippen MR) is 53.4 cm³/mol. The molecule has 1 rings (SSSR count). The van der Waals surface area contributed by atoms with E-state index in [1.165, 1.54) is 39.0 Å². The average Bonchev–Trinajstić information content (AvgIpc) is 2.05. The molecule has 0 aromatic heterocycles. The molecule has 2 nitrogen and oxygen atoms in total. The van der Waals surface area contributed by atoms with E-state index in [2.05, 4.69) is 30.8 Å². The molecule has 0 bridgehead atoms. The van der Waals surface area contributed by atoms with Gasteiger partial charge in [-0.3, -0.25) is 0 Å². The molecule has 0 aromatic rings. The summed E-state index contributed by atoms with van der Waals surface area (Å²) in [5, 5.41) is 0. The molecule has 0 aromatic carbocycles. The van der Waals surface area contributed by atoms with E-state index >= 15 is 0 Å². The zero-order chi connectivity index (χ0) is 8.97. The van der Waals surface area contributed by atoms with Gasteiger partial charge in [0.15, 0.2) is 0 Å². The summed E-state index contributed by atoms with van der Waals surface area (Å²) in [5.41, 5.74) is 0. The summed E-state index contributed by atoms with van der Waals surface area (Å²) >= 11 is 0. The van der Waals surface area contributed by atoms with E-state index in [9.17, 15) is 0 Å². The van der Waals surface area contributed by atoms with Crippen molar-refractivity contribution in [1.82, 2.24) is 9.80 Å². The highest BCUT2D eigenvalue weighted by molar-refractivity contribution is 4.72. The predicted octanol–water partition coefficient (Wildman–Crippen LogP) is 1.28. The highest BCUT2D eigenvalue weighted by Gasteiger charge is 2.17. The molecule has 1 saturated heterocycles. The number of rotatable bonds is 3. The Hall–Kier alpha value is -0.0800. The number of hydrogen-bond donors (Lipinski definition) is 0. The minimum atomic E-state index is 0.947. The summed E-state index contributed by atoms with van der Waals surface area (Å²) in [6.45, 7) is 7.39. The van der Waals surface area contributed by atoms with Gasteiger partial charge in [-0.2, -0.15) is 0 Å². The van der Waals surface area contributed by atoms with Crippen LogP contribution in [-0.4, -0.2) is 50.1 Å². The fraction of sp³-hybridized carbons (Fsp3) is 1.00. The molecule has 0 unspecified atom stereocenters. The Kier molecular flexibility index (Phi) is 4.02. The van der Waals surface area contributed by atoms with Gasteiger partial charge in [0, 0.05) is 6.54 Å². The Morgan fingerprint density at radius 1 is 1.25 bits per heavy atom.